The van der Waals surface area contributed by atoms with Crippen molar-refractivity contribution < 1.29 is 4.79 Å². The Kier molecular flexibility index (Phi) is 2.09. The molecule has 0 saturated carbocycles. The van der Waals surface area contributed by atoms with E-state index < -0.39 is 0 Å². The number of nitrogen functional groups attached to an aromatic ring is 1. The van der Waals surface area contributed by atoms with Gasteiger partial charge in [0.15, 0.2) is 0 Å². The third-order valence-corrected chi connectivity index (χ3v) is 3.46. The van der Waals surface area contributed by atoms with Gasteiger partial charge in [0.2, 0.25) is 5.91 Å². The summed E-state index contributed by atoms with van der Waals surface area (Å²) in [4.78, 5) is 11.4. The van der Waals surface area contributed by atoms with Gasteiger partial charge in [0.05, 0.1) is 23.3 Å². The van der Waals surface area contributed by atoms with E-state index >= 15 is 0 Å². The summed E-state index contributed by atoms with van der Waals surface area (Å²) < 4.78 is 1.69. The fraction of sp³-hybridized carbons (Fsp3) is 0.0714. The lowest BCUT2D eigenvalue weighted by atomic mass is 10.1. The summed E-state index contributed by atoms with van der Waals surface area (Å²) in [6.45, 7) is 0. The highest BCUT2D eigenvalue weighted by molar-refractivity contribution is 6.00. The van der Waals surface area contributed by atoms with Gasteiger partial charge in [-0.25, -0.2) is 4.68 Å². The molecule has 3 aromatic rings. The van der Waals surface area contributed by atoms with Gasteiger partial charge in [-0.15, -0.1) is 5.10 Å². The van der Waals surface area contributed by atoms with E-state index in [0.717, 1.165) is 28.0 Å². The van der Waals surface area contributed by atoms with E-state index in [9.17, 15) is 4.79 Å². The number of nitrogens with one attached hydrogen (secondary N) is 1. The van der Waals surface area contributed by atoms with Gasteiger partial charge in [0.1, 0.15) is 5.52 Å². The molecule has 0 aliphatic carbocycles. The highest BCUT2D eigenvalue weighted by Crippen LogP contribution is 2.31. The SMILES string of the molecule is Nc1cc2c(cc1-n1nnc3ccccc31)NC(=O)C2. The van der Waals surface area contributed by atoms with Gasteiger partial charge in [-0.3, -0.25) is 4.79 Å². The molecule has 2 heterocycles. The molecule has 1 aliphatic heterocycles. The van der Waals surface area contributed by atoms with Gasteiger partial charge in [-0.1, -0.05) is 17.3 Å². The van der Waals surface area contributed by atoms with Crippen molar-refractivity contribution in [1.82, 2.24) is 15.0 Å². The van der Waals surface area contributed by atoms with Crippen LogP contribution >= 0.6 is 0 Å². The van der Waals surface area contributed by atoms with Crippen molar-refractivity contribution in [3.63, 3.8) is 0 Å². The number of hydrogen-bond acceptors (Lipinski definition) is 4. The van der Waals surface area contributed by atoms with Crippen LogP contribution in [0.3, 0.4) is 0 Å². The van der Waals surface area contributed by atoms with Crippen LogP contribution in [0.25, 0.3) is 16.7 Å². The van der Waals surface area contributed by atoms with Crippen LogP contribution in [0.5, 0.6) is 0 Å². The Bertz CT molecular complexity index is 852. The second-order valence-electron chi connectivity index (χ2n) is 4.78. The molecule has 20 heavy (non-hydrogen) atoms. The largest absolute Gasteiger partial charge is 0.397 e. The predicted octanol–water partition coefficient (Wildman–Crippen LogP) is 1.50. The van der Waals surface area contributed by atoms with Crippen LogP contribution in [0.4, 0.5) is 11.4 Å². The lowest BCUT2D eigenvalue weighted by Gasteiger charge is -2.09. The summed E-state index contributed by atoms with van der Waals surface area (Å²) in [5.41, 5.74) is 10.8. The number of nitrogens with zero attached hydrogens (tertiary/aromatic N) is 3. The molecule has 2 aromatic carbocycles. The molecule has 6 nitrogen and oxygen atoms in total. The minimum Gasteiger partial charge on any atom is -0.397 e. The van der Waals surface area contributed by atoms with Crippen molar-refractivity contribution >= 4 is 28.3 Å². The van der Waals surface area contributed by atoms with E-state index in [2.05, 4.69) is 15.6 Å². The Morgan fingerprint density at radius 1 is 1.25 bits per heavy atom. The van der Waals surface area contributed by atoms with Crippen molar-refractivity contribution in [2.45, 2.75) is 6.42 Å². The van der Waals surface area contributed by atoms with Crippen molar-refractivity contribution in [1.29, 1.82) is 0 Å². The maximum atomic E-state index is 11.4. The lowest BCUT2D eigenvalue weighted by molar-refractivity contribution is -0.115. The van der Waals surface area contributed by atoms with Crippen molar-refractivity contribution in [2.24, 2.45) is 0 Å². The van der Waals surface area contributed by atoms with E-state index in [-0.39, 0.29) is 5.91 Å². The number of fused-ring (bicyclic) bond motifs is 2. The average molecular weight is 265 g/mol. The minimum absolute atomic E-state index is 0.0139. The number of aromatic nitrogens is 3. The molecule has 98 valence electrons. The summed E-state index contributed by atoms with van der Waals surface area (Å²) in [6, 6.07) is 11.3. The van der Waals surface area contributed by atoms with Gasteiger partial charge >= 0.3 is 0 Å². The first-order valence-electron chi connectivity index (χ1n) is 6.25. The van der Waals surface area contributed by atoms with Gasteiger partial charge in [-0.2, -0.15) is 0 Å². The Morgan fingerprint density at radius 2 is 2.10 bits per heavy atom. The van der Waals surface area contributed by atoms with Crippen LogP contribution in [-0.4, -0.2) is 20.9 Å². The van der Waals surface area contributed by atoms with Crippen LogP contribution in [0, 0.1) is 0 Å². The number of carbonyl (C=O) groups is 1. The number of hydrogen-bond donors (Lipinski definition) is 2. The number of amides is 1. The fourth-order valence-corrected chi connectivity index (χ4v) is 2.51. The summed E-state index contributed by atoms with van der Waals surface area (Å²) in [5, 5.41) is 11.1. The summed E-state index contributed by atoms with van der Waals surface area (Å²) in [6.07, 6.45) is 0.373. The maximum Gasteiger partial charge on any atom is 0.228 e. The molecule has 0 bridgehead atoms. The number of rotatable bonds is 1. The third-order valence-electron chi connectivity index (χ3n) is 3.46. The van der Waals surface area contributed by atoms with Crippen LogP contribution in [0.15, 0.2) is 36.4 Å². The van der Waals surface area contributed by atoms with Gasteiger partial charge in [-0.05, 0) is 29.8 Å². The van der Waals surface area contributed by atoms with Crippen molar-refractivity contribution in [2.75, 3.05) is 11.1 Å². The van der Waals surface area contributed by atoms with Gasteiger partial charge in [0, 0.05) is 5.69 Å². The standard InChI is InChI=1S/C14H11N5O/c15-9-5-8-6-14(20)16-11(8)7-13(9)19-12-4-2-1-3-10(12)17-18-19/h1-5,7H,6,15H2,(H,16,20). The number of para-hydroxylation sites is 1. The van der Waals surface area contributed by atoms with E-state index in [4.69, 9.17) is 5.73 Å². The summed E-state index contributed by atoms with van der Waals surface area (Å²) in [7, 11) is 0. The van der Waals surface area contributed by atoms with Crippen molar-refractivity contribution in [3.8, 4) is 5.69 Å². The summed E-state index contributed by atoms with van der Waals surface area (Å²) in [5.74, 6) is -0.0139. The first-order chi connectivity index (χ1) is 9.72. The molecule has 3 N–H and O–H groups in total. The molecule has 0 radical (unpaired) electrons. The third kappa shape index (κ3) is 1.48. The van der Waals surface area contributed by atoms with Crippen LogP contribution in [0.2, 0.25) is 0 Å². The van der Waals surface area contributed by atoms with E-state index in [1.54, 1.807) is 4.68 Å². The van der Waals surface area contributed by atoms with E-state index in [0.29, 0.717) is 12.1 Å². The number of anilines is 2. The molecule has 0 saturated heterocycles. The molecular weight excluding hydrogens is 254 g/mol. The smallest absolute Gasteiger partial charge is 0.228 e. The lowest BCUT2D eigenvalue weighted by Crippen LogP contribution is -2.04. The zero-order valence-electron chi connectivity index (χ0n) is 10.5. The molecule has 0 atom stereocenters. The quantitative estimate of drug-likeness (QED) is 0.653. The second kappa shape index (κ2) is 3.80. The molecule has 0 spiro atoms. The van der Waals surface area contributed by atoms with E-state index in [1.807, 2.05) is 36.4 Å². The fourth-order valence-electron chi connectivity index (χ4n) is 2.51. The number of carbonyl (C=O) groups excluding carboxylic acids is 1. The molecule has 1 amide bonds. The first-order valence-corrected chi connectivity index (χ1v) is 6.25. The highest BCUT2D eigenvalue weighted by atomic mass is 16.1. The molecule has 4 rings (SSSR count). The number of nitrogens with two attached hydrogens (primary N) is 1. The zero-order valence-corrected chi connectivity index (χ0v) is 10.5. The molecule has 0 unspecified atom stereocenters. The molecule has 1 aromatic heterocycles. The summed E-state index contributed by atoms with van der Waals surface area (Å²) >= 11 is 0. The van der Waals surface area contributed by atoms with Crippen LogP contribution in [0.1, 0.15) is 5.56 Å². The van der Waals surface area contributed by atoms with Gasteiger partial charge < -0.3 is 11.1 Å². The topological polar surface area (TPSA) is 85.8 Å². The van der Waals surface area contributed by atoms with Gasteiger partial charge in [0.25, 0.3) is 0 Å². The molecule has 6 heteroatoms. The molecule has 1 aliphatic rings. The zero-order chi connectivity index (χ0) is 13.7. The second-order valence-corrected chi connectivity index (χ2v) is 4.78. The first kappa shape index (κ1) is 11.0. The van der Waals surface area contributed by atoms with Crippen LogP contribution < -0.4 is 11.1 Å². The Labute approximate surface area is 114 Å². The normalized spacial score (nSPS) is 13.5. The highest BCUT2D eigenvalue weighted by Gasteiger charge is 2.20. The van der Waals surface area contributed by atoms with Crippen molar-refractivity contribution in [3.05, 3.63) is 42.0 Å². The Hall–Kier alpha value is -2.89. The van der Waals surface area contributed by atoms with Crippen LogP contribution in [-0.2, 0) is 11.2 Å². The van der Waals surface area contributed by atoms with E-state index in [1.165, 1.54) is 0 Å². The molecular formula is C14H11N5O. The Morgan fingerprint density at radius 3 is 3.00 bits per heavy atom. The molecule has 0 fully saturated rings. The predicted molar refractivity (Wildman–Crippen MR) is 75.6 cm³/mol. The number of benzene rings is 2. The minimum atomic E-state index is -0.0139. The maximum absolute atomic E-state index is 11.4. The Balaban J connectivity index is 1.95. The average Bonchev–Trinajstić information content (AvgIpc) is 3.00. The monoisotopic (exact) mass is 265 g/mol.